The number of hydrogen-bond donors (Lipinski definition) is 1. The molecule has 0 saturated carbocycles. The van der Waals surface area contributed by atoms with Gasteiger partial charge in [0.1, 0.15) is 10.6 Å². The number of thiophene rings is 1. The molecule has 1 unspecified atom stereocenters. The van der Waals surface area contributed by atoms with Gasteiger partial charge in [0.25, 0.3) is 5.56 Å². The second kappa shape index (κ2) is 8.20. The summed E-state index contributed by atoms with van der Waals surface area (Å²) in [4.78, 5) is 32.6. The lowest BCUT2D eigenvalue weighted by molar-refractivity contribution is -0.119. The molecular formula is C21H23N3O3S2. The Kier molecular flexibility index (Phi) is 5.65. The number of amides is 1. The van der Waals surface area contributed by atoms with E-state index >= 15 is 0 Å². The largest absolute Gasteiger partial charge is 0.497 e. The molecule has 152 valence electrons. The van der Waals surface area contributed by atoms with E-state index in [0.717, 1.165) is 47.2 Å². The van der Waals surface area contributed by atoms with Gasteiger partial charge in [-0.05, 0) is 62.4 Å². The Labute approximate surface area is 177 Å². The number of ether oxygens (including phenoxy) is 1. The lowest BCUT2D eigenvalue weighted by Gasteiger charge is -2.16. The molecule has 0 bridgehead atoms. The van der Waals surface area contributed by atoms with Gasteiger partial charge in [-0.25, -0.2) is 4.98 Å². The Morgan fingerprint density at radius 3 is 2.69 bits per heavy atom. The maximum absolute atomic E-state index is 13.6. The second-order valence-corrected chi connectivity index (χ2v) is 9.39. The van der Waals surface area contributed by atoms with Crippen molar-refractivity contribution in [1.82, 2.24) is 14.9 Å². The number of methoxy groups -OCH3 is 1. The van der Waals surface area contributed by atoms with Crippen LogP contribution in [-0.4, -0.2) is 34.9 Å². The minimum absolute atomic E-state index is 0.0637. The van der Waals surface area contributed by atoms with Crippen molar-refractivity contribution < 1.29 is 9.53 Å². The summed E-state index contributed by atoms with van der Waals surface area (Å²) in [6.45, 7) is 1.82. The van der Waals surface area contributed by atoms with E-state index in [4.69, 9.17) is 9.72 Å². The fraction of sp³-hybridized carbons (Fsp3) is 0.381. The first-order valence-corrected chi connectivity index (χ1v) is 11.3. The van der Waals surface area contributed by atoms with E-state index in [1.807, 2.05) is 31.2 Å². The number of carbonyl (C=O) groups is 1. The number of nitrogens with one attached hydrogen (secondary N) is 1. The number of nitrogens with zero attached hydrogens (tertiary/aromatic N) is 2. The number of hydrogen-bond acceptors (Lipinski definition) is 6. The number of benzene rings is 1. The molecule has 6 nitrogen and oxygen atoms in total. The summed E-state index contributed by atoms with van der Waals surface area (Å²) < 4.78 is 6.88. The minimum atomic E-state index is -0.372. The van der Waals surface area contributed by atoms with Gasteiger partial charge in [0.05, 0.1) is 23.4 Å². The first kappa shape index (κ1) is 20.0. The van der Waals surface area contributed by atoms with E-state index < -0.39 is 0 Å². The summed E-state index contributed by atoms with van der Waals surface area (Å²) in [5.41, 5.74) is 1.81. The van der Waals surface area contributed by atoms with Crippen LogP contribution < -0.4 is 15.6 Å². The monoisotopic (exact) mass is 429 g/mol. The van der Waals surface area contributed by atoms with Crippen LogP contribution in [0.3, 0.4) is 0 Å². The Balaban J connectivity index is 1.93. The molecule has 1 aromatic carbocycles. The van der Waals surface area contributed by atoms with Crippen molar-refractivity contribution in [1.29, 1.82) is 0 Å². The second-order valence-electron chi connectivity index (χ2n) is 7.00. The van der Waals surface area contributed by atoms with Gasteiger partial charge in [0.15, 0.2) is 5.16 Å². The summed E-state index contributed by atoms with van der Waals surface area (Å²) in [5, 5.41) is 3.55. The van der Waals surface area contributed by atoms with Crippen LogP contribution in [0.5, 0.6) is 5.75 Å². The molecule has 2 aromatic heterocycles. The lowest BCUT2D eigenvalue weighted by Crippen LogP contribution is -2.29. The smallest absolute Gasteiger partial charge is 0.267 e. The van der Waals surface area contributed by atoms with Crippen molar-refractivity contribution in [2.75, 3.05) is 14.2 Å². The number of rotatable bonds is 5. The highest BCUT2D eigenvalue weighted by Crippen LogP contribution is 2.35. The number of thioether (sulfide) groups is 1. The van der Waals surface area contributed by atoms with Crippen LogP contribution in [0.15, 0.2) is 34.2 Å². The fourth-order valence-electron chi connectivity index (χ4n) is 3.64. The molecule has 0 radical (unpaired) electrons. The van der Waals surface area contributed by atoms with Gasteiger partial charge in [0.2, 0.25) is 5.91 Å². The van der Waals surface area contributed by atoms with E-state index in [-0.39, 0.29) is 16.7 Å². The normalized spacial score (nSPS) is 14.4. The van der Waals surface area contributed by atoms with Crippen molar-refractivity contribution in [3.63, 3.8) is 0 Å². The van der Waals surface area contributed by atoms with Gasteiger partial charge < -0.3 is 10.1 Å². The molecule has 1 aliphatic carbocycles. The SMILES string of the molecule is CNC(=O)C(C)Sc1nc2sc3c(c2c(=O)n1-c1ccc(OC)cc1)CCCC3. The predicted molar refractivity (Wildman–Crippen MR) is 118 cm³/mol. The Hall–Kier alpha value is -2.32. The molecule has 1 amide bonds. The average molecular weight is 430 g/mol. The molecule has 0 spiro atoms. The van der Waals surface area contributed by atoms with Gasteiger partial charge in [0, 0.05) is 11.9 Å². The third kappa shape index (κ3) is 3.67. The van der Waals surface area contributed by atoms with Gasteiger partial charge in [-0.15, -0.1) is 11.3 Å². The molecular weight excluding hydrogens is 406 g/mol. The van der Waals surface area contributed by atoms with Crippen molar-refractivity contribution >= 4 is 39.2 Å². The number of aryl methyl sites for hydroxylation is 2. The van der Waals surface area contributed by atoms with E-state index in [2.05, 4.69) is 5.32 Å². The predicted octanol–water partition coefficient (Wildman–Crippen LogP) is 3.56. The first-order chi connectivity index (χ1) is 14.0. The minimum Gasteiger partial charge on any atom is -0.497 e. The Bertz CT molecular complexity index is 1120. The van der Waals surface area contributed by atoms with E-state index in [9.17, 15) is 9.59 Å². The maximum Gasteiger partial charge on any atom is 0.267 e. The van der Waals surface area contributed by atoms with Gasteiger partial charge >= 0.3 is 0 Å². The fourth-order valence-corrected chi connectivity index (χ4v) is 5.93. The molecule has 1 aliphatic rings. The third-order valence-corrected chi connectivity index (χ3v) is 7.42. The molecule has 8 heteroatoms. The van der Waals surface area contributed by atoms with E-state index in [1.54, 1.807) is 30.1 Å². The van der Waals surface area contributed by atoms with Crippen molar-refractivity contribution in [2.45, 2.75) is 43.0 Å². The molecule has 0 aliphatic heterocycles. The van der Waals surface area contributed by atoms with Crippen LogP contribution in [0.2, 0.25) is 0 Å². The zero-order chi connectivity index (χ0) is 20.5. The van der Waals surface area contributed by atoms with Gasteiger partial charge in [-0.3, -0.25) is 14.2 Å². The third-order valence-electron chi connectivity index (χ3n) is 5.19. The van der Waals surface area contributed by atoms with Gasteiger partial charge in [-0.2, -0.15) is 0 Å². The Morgan fingerprint density at radius 2 is 2.00 bits per heavy atom. The first-order valence-electron chi connectivity index (χ1n) is 9.63. The standard InChI is InChI=1S/C21H23N3O3S2/c1-12(18(25)22-2)28-21-23-19-17(15-6-4-5-7-16(15)29-19)20(26)24(21)13-8-10-14(27-3)11-9-13/h8-12H,4-7H2,1-3H3,(H,22,25). The molecule has 4 rings (SSSR count). The van der Waals surface area contributed by atoms with E-state index in [0.29, 0.717) is 10.8 Å². The summed E-state index contributed by atoms with van der Waals surface area (Å²) >= 11 is 2.92. The zero-order valence-electron chi connectivity index (χ0n) is 16.7. The Morgan fingerprint density at radius 1 is 1.28 bits per heavy atom. The van der Waals surface area contributed by atoms with Crippen LogP contribution >= 0.6 is 23.1 Å². The lowest BCUT2D eigenvalue weighted by atomic mass is 9.97. The molecule has 0 fully saturated rings. The zero-order valence-corrected chi connectivity index (χ0v) is 18.3. The quantitative estimate of drug-likeness (QED) is 0.496. The van der Waals surface area contributed by atoms with Crippen molar-refractivity contribution in [3.05, 3.63) is 45.1 Å². The van der Waals surface area contributed by atoms with E-state index in [1.165, 1.54) is 16.6 Å². The summed E-state index contributed by atoms with van der Waals surface area (Å²) in [5.74, 6) is 0.618. The molecule has 1 atom stereocenters. The summed E-state index contributed by atoms with van der Waals surface area (Å²) in [7, 11) is 3.22. The molecule has 29 heavy (non-hydrogen) atoms. The highest BCUT2D eigenvalue weighted by Gasteiger charge is 2.24. The summed E-state index contributed by atoms with van der Waals surface area (Å²) in [6, 6.07) is 7.35. The van der Waals surface area contributed by atoms with Crippen LogP contribution in [0.1, 0.15) is 30.2 Å². The van der Waals surface area contributed by atoms with Crippen LogP contribution in [0.4, 0.5) is 0 Å². The van der Waals surface area contributed by atoms with Gasteiger partial charge in [-0.1, -0.05) is 11.8 Å². The van der Waals surface area contributed by atoms with Crippen LogP contribution in [0.25, 0.3) is 15.9 Å². The molecule has 2 heterocycles. The van der Waals surface area contributed by atoms with Crippen molar-refractivity contribution in [3.8, 4) is 11.4 Å². The number of carbonyl (C=O) groups excluding carboxylic acids is 1. The summed E-state index contributed by atoms with van der Waals surface area (Å²) in [6.07, 6.45) is 4.19. The van der Waals surface area contributed by atoms with Crippen molar-refractivity contribution in [2.24, 2.45) is 0 Å². The maximum atomic E-state index is 13.6. The molecule has 1 N–H and O–H groups in total. The topological polar surface area (TPSA) is 73.2 Å². The number of fused-ring (bicyclic) bond motifs is 3. The highest BCUT2D eigenvalue weighted by atomic mass is 32.2. The number of aromatic nitrogens is 2. The van der Waals surface area contributed by atoms with Crippen LogP contribution in [0, 0.1) is 0 Å². The molecule has 0 saturated heterocycles. The van der Waals surface area contributed by atoms with Crippen LogP contribution in [-0.2, 0) is 17.6 Å². The average Bonchev–Trinajstić information content (AvgIpc) is 3.12. The molecule has 3 aromatic rings. The highest BCUT2D eigenvalue weighted by molar-refractivity contribution is 8.00.